The van der Waals surface area contributed by atoms with Crippen LogP contribution in [-0.2, 0) is 26.0 Å². The van der Waals surface area contributed by atoms with E-state index in [1.165, 1.54) is 47.0 Å². The first-order valence-corrected chi connectivity index (χ1v) is 15.1. The third-order valence-electron chi connectivity index (χ3n) is 6.93. The van der Waals surface area contributed by atoms with E-state index in [0.29, 0.717) is 33.7 Å². The molecule has 2 heterocycles. The van der Waals surface area contributed by atoms with Crippen LogP contribution in [0.1, 0.15) is 30.1 Å². The average Bonchev–Trinajstić information content (AvgIpc) is 3.73. The second-order valence-electron chi connectivity index (χ2n) is 9.93. The lowest BCUT2D eigenvalue weighted by molar-refractivity contribution is -0.377. The van der Waals surface area contributed by atoms with E-state index in [0.717, 1.165) is 12.8 Å². The minimum absolute atomic E-state index is 0.0402. The van der Waals surface area contributed by atoms with Gasteiger partial charge in [-0.25, -0.2) is 13.4 Å². The van der Waals surface area contributed by atoms with Gasteiger partial charge >= 0.3 is 12.6 Å². The first-order chi connectivity index (χ1) is 19.6. The number of hydrogen-bond acceptors (Lipinski definition) is 6. The Morgan fingerprint density at radius 1 is 1.02 bits per heavy atom. The van der Waals surface area contributed by atoms with Crippen molar-refractivity contribution in [1.82, 2.24) is 4.31 Å². The van der Waals surface area contributed by atoms with Crippen LogP contribution in [0, 0.1) is 11.8 Å². The van der Waals surface area contributed by atoms with Gasteiger partial charge in [0.05, 0.1) is 17.4 Å². The van der Waals surface area contributed by atoms with Crippen molar-refractivity contribution >= 4 is 39.2 Å². The lowest BCUT2D eigenvalue weighted by Crippen LogP contribution is -2.53. The summed E-state index contributed by atoms with van der Waals surface area (Å²) >= 11 is 12.7. The van der Waals surface area contributed by atoms with E-state index in [2.05, 4.69) is 9.72 Å². The molecule has 1 atom stereocenters. The molecule has 218 valence electrons. The van der Waals surface area contributed by atoms with Crippen molar-refractivity contribution in [3.8, 4) is 11.5 Å². The monoisotopic (exact) mass is 627 g/mol. The van der Waals surface area contributed by atoms with E-state index in [9.17, 15) is 22.0 Å². The van der Waals surface area contributed by atoms with E-state index < -0.39 is 34.6 Å². The maximum absolute atomic E-state index is 13.2. The number of carbonyl (C=O) groups excluding carboxylic acids is 1. The highest BCUT2D eigenvalue weighted by Gasteiger charge is 2.42. The van der Waals surface area contributed by atoms with Crippen molar-refractivity contribution in [2.24, 2.45) is 11.8 Å². The zero-order chi connectivity index (χ0) is 29.1. The molecular formula is C28H27Cl2F2N2O6S+. The molecule has 2 aromatic carbocycles. The summed E-state index contributed by atoms with van der Waals surface area (Å²) < 4.78 is 69.4. The molecule has 41 heavy (non-hydrogen) atoms. The first-order valence-electron chi connectivity index (χ1n) is 12.9. The molecule has 2 fully saturated rings. The summed E-state index contributed by atoms with van der Waals surface area (Å²) in [6.45, 7) is -2.79. The largest absolute Gasteiger partial charge is 0.489 e. The summed E-state index contributed by atoms with van der Waals surface area (Å²) in [6.07, 6.45) is 4.17. The Bertz CT molecular complexity index is 1480. The number of aromatic amines is 1. The summed E-state index contributed by atoms with van der Waals surface area (Å²) in [4.78, 5) is 16.2. The maximum Gasteiger partial charge on any atom is 0.387 e. The normalized spacial score (nSPS) is 16.7. The fourth-order valence-corrected chi connectivity index (χ4v) is 6.45. The van der Waals surface area contributed by atoms with Crippen LogP contribution in [0.15, 0.2) is 65.8 Å². The number of aromatic nitrogens is 1. The van der Waals surface area contributed by atoms with Crippen LogP contribution in [0.3, 0.4) is 0 Å². The number of halogens is 4. The van der Waals surface area contributed by atoms with Crippen LogP contribution >= 0.6 is 23.2 Å². The van der Waals surface area contributed by atoms with Crippen molar-refractivity contribution in [1.29, 1.82) is 0 Å². The molecule has 1 saturated heterocycles. The number of pyridine rings is 1. The van der Waals surface area contributed by atoms with Crippen molar-refractivity contribution in [3.05, 3.63) is 82.1 Å². The van der Waals surface area contributed by atoms with Gasteiger partial charge in [0.15, 0.2) is 23.9 Å². The Labute approximate surface area is 246 Å². The zero-order valence-electron chi connectivity index (χ0n) is 21.6. The van der Waals surface area contributed by atoms with Gasteiger partial charge in [0, 0.05) is 25.1 Å². The second-order valence-corrected chi connectivity index (χ2v) is 12.7. The molecular weight excluding hydrogens is 601 g/mol. The van der Waals surface area contributed by atoms with Gasteiger partial charge in [-0.3, -0.25) is 4.79 Å². The van der Waals surface area contributed by atoms with Gasteiger partial charge in [0.25, 0.3) is 0 Å². The quantitative estimate of drug-likeness (QED) is 0.251. The number of H-pyrrole nitrogens is 1. The van der Waals surface area contributed by atoms with E-state index in [4.69, 9.17) is 32.7 Å². The van der Waals surface area contributed by atoms with Gasteiger partial charge in [0.2, 0.25) is 10.0 Å². The summed E-state index contributed by atoms with van der Waals surface area (Å²) in [6, 6.07) is 12.3. The summed E-state index contributed by atoms with van der Waals surface area (Å²) in [7, 11) is -3.74. The number of alkyl halides is 2. The highest BCUT2D eigenvalue weighted by Crippen LogP contribution is 2.38. The Balaban J connectivity index is 1.37. The molecule has 5 rings (SSSR count). The van der Waals surface area contributed by atoms with Gasteiger partial charge in [-0.1, -0.05) is 47.5 Å². The van der Waals surface area contributed by atoms with Gasteiger partial charge in [-0.2, -0.15) is 13.1 Å². The van der Waals surface area contributed by atoms with Gasteiger partial charge in [-0.15, -0.1) is 0 Å². The fourth-order valence-electron chi connectivity index (χ4n) is 4.37. The maximum atomic E-state index is 13.2. The SMILES string of the molecule is O=C(O[C@@H](Cc1c(Cl)c[nH+]cc1Cl)c1ccc(OC(F)F)c(OCC2CC2)c1)C1CN(S(=O)(=O)c2ccccc2)C1. The Hall–Kier alpha value is -2.99. The summed E-state index contributed by atoms with van der Waals surface area (Å²) in [5.74, 6) is -1.01. The molecule has 3 aromatic rings. The average molecular weight is 629 g/mol. The van der Waals surface area contributed by atoms with E-state index in [1.807, 2.05) is 0 Å². The number of nitrogens with one attached hydrogen (secondary N) is 1. The number of sulfonamides is 1. The number of hydrogen-bond donors (Lipinski definition) is 0. The van der Waals surface area contributed by atoms with Crippen LogP contribution in [0.25, 0.3) is 0 Å². The number of ether oxygens (including phenoxy) is 3. The Kier molecular flexibility index (Phi) is 8.98. The van der Waals surface area contributed by atoms with Crippen LogP contribution < -0.4 is 14.5 Å². The van der Waals surface area contributed by atoms with Crippen molar-refractivity contribution in [3.63, 3.8) is 0 Å². The Morgan fingerprint density at radius 3 is 2.34 bits per heavy atom. The molecule has 1 N–H and O–H groups in total. The van der Waals surface area contributed by atoms with Crippen molar-refractivity contribution in [2.75, 3.05) is 19.7 Å². The van der Waals surface area contributed by atoms with E-state index >= 15 is 0 Å². The smallest absolute Gasteiger partial charge is 0.387 e. The van der Waals surface area contributed by atoms with Crippen molar-refractivity contribution in [2.45, 2.75) is 36.9 Å². The number of carbonyl (C=O) groups is 1. The number of nitrogens with zero attached hydrogens (tertiary/aromatic N) is 1. The minimum atomic E-state index is -3.74. The van der Waals surface area contributed by atoms with Gasteiger partial charge < -0.3 is 14.2 Å². The highest BCUT2D eigenvalue weighted by atomic mass is 35.5. The first kappa shape index (κ1) is 29.5. The predicted octanol–water partition coefficient (Wildman–Crippen LogP) is 5.35. The minimum Gasteiger partial charge on any atom is -0.489 e. The number of benzene rings is 2. The topological polar surface area (TPSA) is 96.3 Å². The molecule has 0 spiro atoms. The lowest BCUT2D eigenvalue weighted by atomic mass is 10.00. The third kappa shape index (κ3) is 7.09. The standard InChI is InChI=1S/C28H26Cl2F2N2O6S/c29-22-12-33-13-23(30)21(22)11-25(18-8-9-24(40-28(31)32)26(10-18)38-16-17-6-7-17)39-27(35)19-14-34(15-19)41(36,37)20-4-2-1-3-5-20/h1-5,8-10,12-13,17,19,25,28H,6-7,11,14-16H2/p+1/t25-/m0/s1. The molecule has 1 aliphatic heterocycles. The molecule has 2 aliphatic rings. The molecule has 0 unspecified atom stereocenters. The summed E-state index contributed by atoms with van der Waals surface area (Å²) in [5, 5.41) is 0.621. The van der Waals surface area contributed by atoms with E-state index in [1.54, 1.807) is 18.2 Å². The molecule has 1 aromatic heterocycles. The van der Waals surface area contributed by atoms with Crippen LogP contribution in [-0.4, -0.2) is 45.0 Å². The third-order valence-corrected chi connectivity index (χ3v) is 9.45. The molecule has 0 radical (unpaired) electrons. The van der Waals surface area contributed by atoms with Crippen LogP contribution in [0.4, 0.5) is 8.78 Å². The van der Waals surface area contributed by atoms with Gasteiger partial charge in [0.1, 0.15) is 16.1 Å². The molecule has 13 heteroatoms. The molecule has 0 amide bonds. The molecule has 0 bridgehead atoms. The number of rotatable bonds is 12. The second kappa shape index (κ2) is 12.5. The zero-order valence-corrected chi connectivity index (χ0v) is 24.0. The van der Waals surface area contributed by atoms with Crippen LogP contribution in [0.5, 0.6) is 11.5 Å². The molecule has 1 saturated carbocycles. The lowest BCUT2D eigenvalue weighted by Gasteiger charge is -2.37. The summed E-state index contributed by atoms with van der Waals surface area (Å²) in [5.41, 5.74) is 0.943. The van der Waals surface area contributed by atoms with Crippen molar-refractivity contribution < 1.29 is 41.2 Å². The fraction of sp³-hybridized carbons (Fsp3) is 0.357. The molecule has 1 aliphatic carbocycles. The van der Waals surface area contributed by atoms with E-state index in [-0.39, 0.29) is 35.9 Å². The Morgan fingerprint density at radius 2 is 1.71 bits per heavy atom. The molecule has 8 nitrogen and oxygen atoms in total. The highest BCUT2D eigenvalue weighted by molar-refractivity contribution is 7.89. The van der Waals surface area contributed by atoms with Crippen LogP contribution in [0.2, 0.25) is 10.0 Å². The predicted molar refractivity (Wildman–Crippen MR) is 146 cm³/mol. The number of esters is 1. The van der Waals surface area contributed by atoms with Gasteiger partial charge in [-0.05, 0) is 48.6 Å².